The first-order valence-electron chi connectivity index (χ1n) is 6.61. The first-order valence-corrected chi connectivity index (χ1v) is 6.61. The van der Waals surface area contributed by atoms with Gasteiger partial charge < -0.3 is 0 Å². The standard InChI is InChI=1S/C17H18FN/c1-16(2)13-6-5-9-19-15(13)12-8-7-11(18)10-14(12)17(16,3)4/h5-10H,1-4H3. The molecule has 2 aromatic rings. The Balaban J connectivity index is 2.43. The third kappa shape index (κ3) is 1.49. The number of hydrogen-bond acceptors (Lipinski definition) is 1. The lowest BCUT2D eigenvalue weighted by Gasteiger charge is -2.47. The number of aromatic nitrogens is 1. The predicted molar refractivity (Wildman–Crippen MR) is 75.7 cm³/mol. The predicted octanol–water partition coefficient (Wildman–Crippen LogP) is 4.46. The van der Waals surface area contributed by atoms with Gasteiger partial charge in [-0.2, -0.15) is 0 Å². The summed E-state index contributed by atoms with van der Waals surface area (Å²) in [4.78, 5) is 4.53. The molecule has 0 amide bonds. The number of hydrogen-bond donors (Lipinski definition) is 0. The number of benzene rings is 1. The molecule has 0 aliphatic heterocycles. The van der Waals surface area contributed by atoms with E-state index in [0.717, 1.165) is 16.8 Å². The quantitative estimate of drug-likeness (QED) is 0.677. The normalized spacial score (nSPS) is 18.6. The average Bonchev–Trinajstić information content (AvgIpc) is 2.37. The molecule has 0 saturated heterocycles. The number of pyridine rings is 1. The molecule has 0 spiro atoms. The van der Waals surface area contributed by atoms with Crippen LogP contribution in [0.3, 0.4) is 0 Å². The molecule has 0 N–H and O–H groups in total. The Kier molecular flexibility index (Phi) is 2.38. The molecule has 1 aliphatic carbocycles. The van der Waals surface area contributed by atoms with E-state index in [1.807, 2.05) is 12.1 Å². The van der Waals surface area contributed by atoms with Gasteiger partial charge in [-0.15, -0.1) is 0 Å². The topological polar surface area (TPSA) is 12.9 Å². The minimum atomic E-state index is -0.179. The van der Waals surface area contributed by atoms with Crippen LogP contribution in [-0.4, -0.2) is 4.98 Å². The molecule has 1 aromatic carbocycles. The molecule has 0 unspecified atom stereocenters. The first kappa shape index (κ1) is 12.3. The Bertz CT molecular complexity index is 656. The third-order valence-electron chi connectivity index (χ3n) is 4.95. The van der Waals surface area contributed by atoms with Crippen LogP contribution in [0.15, 0.2) is 36.5 Å². The van der Waals surface area contributed by atoms with Crippen molar-refractivity contribution in [3.8, 4) is 11.3 Å². The minimum Gasteiger partial charge on any atom is -0.256 e. The van der Waals surface area contributed by atoms with E-state index in [9.17, 15) is 4.39 Å². The highest BCUT2D eigenvalue weighted by Crippen LogP contribution is 2.52. The lowest BCUT2D eigenvalue weighted by molar-refractivity contribution is 0.297. The summed E-state index contributed by atoms with van der Waals surface area (Å²) in [7, 11) is 0. The molecule has 0 bridgehead atoms. The van der Waals surface area contributed by atoms with Gasteiger partial charge in [0.05, 0.1) is 5.69 Å². The minimum absolute atomic E-state index is 0.0859. The molecule has 3 rings (SSSR count). The fraction of sp³-hybridized carbons (Fsp3) is 0.353. The SMILES string of the molecule is CC1(C)c2cc(F)ccc2-c2ncccc2C1(C)C. The maximum Gasteiger partial charge on any atom is 0.123 e. The van der Waals surface area contributed by atoms with Gasteiger partial charge in [0.1, 0.15) is 5.82 Å². The maximum atomic E-state index is 13.6. The molecule has 1 aliphatic rings. The fourth-order valence-corrected chi connectivity index (χ4v) is 3.04. The Morgan fingerprint density at radius 1 is 0.947 bits per heavy atom. The van der Waals surface area contributed by atoms with Crippen LogP contribution in [-0.2, 0) is 10.8 Å². The van der Waals surface area contributed by atoms with Crippen molar-refractivity contribution in [1.29, 1.82) is 0 Å². The summed E-state index contributed by atoms with van der Waals surface area (Å²) in [6, 6.07) is 9.15. The summed E-state index contributed by atoms with van der Waals surface area (Å²) in [6.45, 7) is 8.78. The maximum absolute atomic E-state index is 13.6. The summed E-state index contributed by atoms with van der Waals surface area (Å²) in [5.74, 6) is -0.179. The van der Waals surface area contributed by atoms with Crippen molar-refractivity contribution in [3.63, 3.8) is 0 Å². The third-order valence-corrected chi connectivity index (χ3v) is 4.95. The van der Waals surface area contributed by atoms with Gasteiger partial charge in [-0.25, -0.2) is 4.39 Å². The van der Waals surface area contributed by atoms with Crippen LogP contribution in [0.1, 0.15) is 38.8 Å². The Hall–Kier alpha value is -1.70. The van der Waals surface area contributed by atoms with E-state index in [1.54, 1.807) is 12.3 Å². The molecule has 1 aromatic heterocycles. The van der Waals surface area contributed by atoms with Crippen LogP contribution in [0.5, 0.6) is 0 Å². The Labute approximate surface area is 113 Å². The van der Waals surface area contributed by atoms with Crippen LogP contribution in [0.25, 0.3) is 11.3 Å². The summed E-state index contributed by atoms with van der Waals surface area (Å²) in [5, 5.41) is 0. The average molecular weight is 255 g/mol. The van der Waals surface area contributed by atoms with Gasteiger partial charge in [0.2, 0.25) is 0 Å². The number of fused-ring (bicyclic) bond motifs is 3. The summed E-state index contributed by atoms with van der Waals surface area (Å²) in [5.41, 5.74) is 4.10. The second kappa shape index (κ2) is 3.66. The van der Waals surface area contributed by atoms with Crippen molar-refractivity contribution >= 4 is 0 Å². The summed E-state index contributed by atoms with van der Waals surface area (Å²) < 4.78 is 13.6. The van der Waals surface area contributed by atoms with Gasteiger partial charge in [0, 0.05) is 17.2 Å². The molecule has 0 radical (unpaired) electrons. The summed E-state index contributed by atoms with van der Waals surface area (Å²) >= 11 is 0. The van der Waals surface area contributed by atoms with Gasteiger partial charge in [0.15, 0.2) is 0 Å². The highest BCUT2D eigenvalue weighted by molar-refractivity contribution is 5.74. The number of rotatable bonds is 0. The second-order valence-corrected chi connectivity index (χ2v) is 6.34. The van der Waals surface area contributed by atoms with Crippen molar-refractivity contribution in [2.75, 3.05) is 0 Å². The highest BCUT2D eigenvalue weighted by atomic mass is 19.1. The van der Waals surface area contributed by atoms with Crippen molar-refractivity contribution in [2.24, 2.45) is 0 Å². The van der Waals surface area contributed by atoms with Crippen LogP contribution >= 0.6 is 0 Å². The Morgan fingerprint density at radius 2 is 1.63 bits per heavy atom. The van der Waals surface area contributed by atoms with E-state index in [2.05, 4.69) is 38.7 Å². The molecule has 0 fully saturated rings. The molecule has 1 nitrogen and oxygen atoms in total. The first-order chi connectivity index (χ1) is 8.85. The zero-order valence-corrected chi connectivity index (χ0v) is 11.8. The fourth-order valence-electron chi connectivity index (χ4n) is 3.04. The molecule has 98 valence electrons. The zero-order chi connectivity index (χ0) is 13.8. The van der Waals surface area contributed by atoms with Crippen LogP contribution in [0.4, 0.5) is 4.39 Å². The van der Waals surface area contributed by atoms with Gasteiger partial charge >= 0.3 is 0 Å². The van der Waals surface area contributed by atoms with E-state index in [1.165, 1.54) is 11.6 Å². The van der Waals surface area contributed by atoms with Gasteiger partial charge in [0.25, 0.3) is 0 Å². The van der Waals surface area contributed by atoms with Crippen LogP contribution in [0, 0.1) is 5.82 Å². The molecule has 0 atom stereocenters. The van der Waals surface area contributed by atoms with Crippen LogP contribution in [0.2, 0.25) is 0 Å². The molecule has 2 heteroatoms. The monoisotopic (exact) mass is 255 g/mol. The van der Waals surface area contributed by atoms with Crippen molar-refractivity contribution in [1.82, 2.24) is 4.98 Å². The second-order valence-electron chi connectivity index (χ2n) is 6.34. The number of nitrogens with zero attached hydrogens (tertiary/aromatic N) is 1. The molecule has 19 heavy (non-hydrogen) atoms. The van der Waals surface area contributed by atoms with Gasteiger partial charge in [-0.1, -0.05) is 33.8 Å². The van der Waals surface area contributed by atoms with E-state index >= 15 is 0 Å². The highest BCUT2D eigenvalue weighted by Gasteiger charge is 2.46. The van der Waals surface area contributed by atoms with Crippen LogP contribution < -0.4 is 0 Å². The Morgan fingerprint density at radius 3 is 2.37 bits per heavy atom. The zero-order valence-electron chi connectivity index (χ0n) is 11.8. The van der Waals surface area contributed by atoms with E-state index in [4.69, 9.17) is 0 Å². The molecule has 0 saturated carbocycles. The molecular weight excluding hydrogens is 237 g/mol. The molecular formula is C17H18FN. The molecule has 1 heterocycles. The van der Waals surface area contributed by atoms with E-state index < -0.39 is 0 Å². The van der Waals surface area contributed by atoms with E-state index in [0.29, 0.717) is 0 Å². The van der Waals surface area contributed by atoms with Crippen molar-refractivity contribution in [2.45, 2.75) is 38.5 Å². The van der Waals surface area contributed by atoms with Crippen molar-refractivity contribution in [3.05, 3.63) is 53.5 Å². The largest absolute Gasteiger partial charge is 0.256 e. The van der Waals surface area contributed by atoms with E-state index in [-0.39, 0.29) is 16.6 Å². The van der Waals surface area contributed by atoms with Crippen molar-refractivity contribution < 1.29 is 4.39 Å². The lowest BCUT2D eigenvalue weighted by atomic mass is 9.56. The number of halogens is 1. The van der Waals surface area contributed by atoms with Gasteiger partial charge in [-0.3, -0.25) is 4.98 Å². The lowest BCUT2D eigenvalue weighted by Crippen LogP contribution is -2.43. The smallest absolute Gasteiger partial charge is 0.123 e. The summed E-state index contributed by atoms with van der Waals surface area (Å²) in [6.07, 6.45) is 1.81. The van der Waals surface area contributed by atoms with Gasteiger partial charge in [-0.05, 0) is 40.8 Å².